The number of carbonyl (C=O) groups is 1. The van der Waals surface area contributed by atoms with Gasteiger partial charge in [0.15, 0.2) is 0 Å². The summed E-state index contributed by atoms with van der Waals surface area (Å²) in [7, 11) is 1.80. The van der Waals surface area contributed by atoms with Crippen molar-refractivity contribution < 1.29 is 4.79 Å². The topological polar surface area (TPSA) is 88.5 Å². The van der Waals surface area contributed by atoms with E-state index in [1.807, 2.05) is 0 Å². The van der Waals surface area contributed by atoms with Crippen LogP contribution in [0.1, 0.15) is 35.6 Å². The van der Waals surface area contributed by atoms with Gasteiger partial charge in [-0.05, 0) is 19.3 Å². The van der Waals surface area contributed by atoms with Crippen molar-refractivity contribution in [2.24, 2.45) is 7.05 Å². The number of hydrogen-bond donors (Lipinski definition) is 2. The van der Waals surface area contributed by atoms with Crippen LogP contribution in [0, 0.1) is 0 Å². The molecule has 0 unspecified atom stereocenters. The van der Waals surface area contributed by atoms with Crippen LogP contribution in [0.2, 0.25) is 0 Å². The van der Waals surface area contributed by atoms with Crippen molar-refractivity contribution in [3.05, 3.63) is 30.4 Å². The fraction of sp³-hybridized carbons (Fsp3) is 0.455. The smallest absolute Gasteiger partial charge is 0.270 e. The summed E-state index contributed by atoms with van der Waals surface area (Å²) in [4.78, 5) is 20.3. The van der Waals surface area contributed by atoms with Gasteiger partial charge in [-0.3, -0.25) is 9.89 Å². The van der Waals surface area contributed by atoms with E-state index in [4.69, 9.17) is 0 Å². The highest BCUT2D eigenvalue weighted by Crippen LogP contribution is 2.39. The first-order chi connectivity index (χ1) is 8.71. The Morgan fingerprint density at radius 1 is 1.56 bits per heavy atom. The van der Waals surface area contributed by atoms with Crippen LogP contribution in [0.4, 0.5) is 0 Å². The lowest BCUT2D eigenvalue weighted by Gasteiger charge is -2.40. The van der Waals surface area contributed by atoms with Gasteiger partial charge in [0.2, 0.25) is 0 Å². The average Bonchev–Trinajstić information content (AvgIpc) is 2.93. The molecule has 2 aromatic rings. The zero-order valence-corrected chi connectivity index (χ0v) is 10.1. The molecular formula is C11H14N6O. The van der Waals surface area contributed by atoms with E-state index in [0.29, 0.717) is 5.69 Å². The maximum atomic E-state index is 12.2. The van der Waals surface area contributed by atoms with Gasteiger partial charge in [-0.15, -0.1) is 0 Å². The van der Waals surface area contributed by atoms with Gasteiger partial charge in [0.05, 0.1) is 18.1 Å². The number of imidazole rings is 1. The van der Waals surface area contributed by atoms with Crippen molar-refractivity contribution in [2.75, 3.05) is 0 Å². The lowest BCUT2D eigenvalue weighted by molar-refractivity contribution is 0.0801. The van der Waals surface area contributed by atoms with Gasteiger partial charge in [-0.1, -0.05) is 0 Å². The summed E-state index contributed by atoms with van der Waals surface area (Å²) >= 11 is 0. The Morgan fingerprint density at radius 3 is 2.89 bits per heavy atom. The zero-order valence-electron chi connectivity index (χ0n) is 10.1. The standard InChI is InChI=1S/C11H14N6O/c1-17-7-12-5-8(17)9(18)15-11(3-2-4-11)10-13-6-14-16-10/h5-7H,2-4H2,1H3,(H,15,18)(H,13,14,16). The lowest BCUT2D eigenvalue weighted by Crippen LogP contribution is -2.51. The molecule has 0 radical (unpaired) electrons. The van der Waals surface area contributed by atoms with Crippen LogP contribution in [-0.2, 0) is 12.6 Å². The Hall–Kier alpha value is -2.18. The van der Waals surface area contributed by atoms with E-state index in [-0.39, 0.29) is 5.91 Å². The molecule has 18 heavy (non-hydrogen) atoms. The summed E-state index contributed by atoms with van der Waals surface area (Å²) in [5.74, 6) is 0.593. The summed E-state index contributed by atoms with van der Waals surface area (Å²) in [6, 6.07) is 0. The Morgan fingerprint density at radius 2 is 2.39 bits per heavy atom. The van der Waals surface area contributed by atoms with Crippen LogP contribution in [-0.4, -0.2) is 30.6 Å². The minimum absolute atomic E-state index is 0.133. The second kappa shape index (κ2) is 3.94. The van der Waals surface area contributed by atoms with Crippen molar-refractivity contribution in [3.8, 4) is 0 Å². The first-order valence-corrected chi connectivity index (χ1v) is 5.86. The molecule has 3 rings (SSSR count). The van der Waals surface area contributed by atoms with Gasteiger partial charge in [-0.25, -0.2) is 9.97 Å². The van der Waals surface area contributed by atoms with Crippen LogP contribution in [0.25, 0.3) is 0 Å². The minimum Gasteiger partial charge on any atom is -0.338 e. The van der Waals surface area contributed by atoms with Crippen LogP contribution in [0.3, 0.4) is 0 Å². The normalized spacial score (nSPS) is 17.2. The number of aryl methyl sites for hydroxylation is 1. The van der Waals surface area contributed by atoms with E-state index < -0.39 is 5.54 Å². The third kappa shape index (κ3) is 1.59. The fourth-order valence-corrected chi connectivity index (χ4v) is 2.24. The molecule has 0 aromatic carbocycles. The molecule has 2 N–H and O–H groups in total. The van der Waals surface area contributed by atoms with Crippen molar-refractivity contribution in [3.63, 3.8) is 0 Å². The number of aromatic nitrogens is 5. The molecule has 0 spiro atoms. The predicted molar refractivity (Wildman–Crippen MR) is 62.6 cm³/mol. The number of carbonyl (C=O) groups excluding carboxylic acids is 1. The third-order valence-corrected chi connectivity index (χ3v) is 3.48. The first-order valence-electron chi connectivity index (χ1n) is 5.86. The number of hydrogen-bond acceptors (Lipinski definition) is 4. The highest BCUT2D eigenvalue weighted by Gasteiger charge is 2.43. The molecule has 1 amide bonds. The molecule has 1 fully saturated rings. The van der Waals surface area contributed by atoms with E-state index in [1.54, 1.807) is 24.1 Å². The molecule has 0 saturated heterocycles. The van der Waals surface area contributed by atoms with E-state index in [1.165, 1.54) is 6.33 Å². The Bertz CT molecular complexity index is 554. The number of amides is 1. The molecule has 1 aliphatic carbocycles. The predicted octanol–water partition coefficient (Wildman–Crippen LogP) is 0.347. The molecule has 7 heteroatoms. The monoisotopic (exact) mass is 246 g/mol. The van der Waals surface area contributed by atoms with Crippen molar-refractivity contribution in [1.29, 1.82) is 0 Å². The molecular weight excluding hydrogens is 232 g/mol. The van der Waals surface area contributed by atoms with E-state index in [2.05, 4.69) is 25.5 Å². The second-order valence-electron chi connectivity index (χ2n) is 4.61. The van der Waals surface area contributed by atoms with Gasteiger partial charge in [0.1, 0.15) is 17.8 Å². The van der Waals surface area contributed by atoms with Gasteiger partial charge in [0, 0.05) is 7.05 Å². The molecule has 2 heterocycles. The summed E-state index contributed by atoms with van der Waals surface area (Å²) in [5, 5.41) is 9.74. The molecule has 94 valence electrons. The molecule has 1 saturated carbocycles. The highest BCUT2D eigenvalue weighted by molar-refractivity contribution is 5.93. The molecule has 7 nitrogen and oxygen atoms in total. The van der Waals surface area contributed by atoms with Crippen LogP contribution in [0.5, 0.6) is 0 Å². The average molecular weight is 246 g/mol. The number of rotatable bonds is 3. The first kappa shape index (κ1) is 10.9. The van der Waals surface area contributed by atoms with E-state index >= 15 is 0 Å². The Kier molecular flexibility index (Phi) is 2.39. The van der Waals surface area contributed by atoms with Crippen molar-refractivity contribution in [2.45, 2.75) is 24.8 Å². The summed E-state index contributed by atoms with van der Waals surface area (Å²) in [5.41, 5.74) is 0.151. The Labute approximate surface area is 104 Å². The van der Waals surface area contributed by atoms with Crippen LogP contribution in [0.15, 0.2) is 18.9 Å². The second-order valence-corrected chi connectivity index (χ2v) is 4.61. The largest absolute Gasteiger partial charge is 0.338 e. The van der Waals surface area contributed by atoms with Gasteiger partial charge >= 0.3 is 0 Å². The third-order valence-electron chi connectivity index (χ3n) is 3.48. The molecule has 0 bridgehead atoms. The van der Waals surface area contributed by atoms with E-state index in [9.17, 15) is 4.79 Å². The van der Waals surface area contributed by atoms with Gasteiger partial charge < -0.3 is 9.88 Å². The maximum Gasteiger partial charge on any atom is 0.270 e. The number of aromatic amines is 1. The number of H-pyrrole nitrogens is 1. The highest BCUT2D eigenvalue weighted by atomic mass is 16.2. The van der Waals surface area contributed by atoms with Crippen molar-refractivity contribution in [1.82, 2.24) is 30.0 Å². The minimum atomic E-state index is -0.391. The molecule has 0 aliphatic heterocycles. The molecule has 1 aliphatic rings. The van der Waals surface area contributed by atoms with Crippen LogP contribution < -0.4 is 5.32 Å². The molecule has 0 atom stereocenters. The number of nitrogens with one attached hydrogen (secondary N) is 2. The van der Waals surface area contributed by atoms with Gasteiger partial charge in [-0.2, -0.15) is 5.10 Å². The summed E-state index contributed by atoms with van der Waals surface area (Å²) in [6.45, 7) is 0. The lowest BCUT2D eigenvalue weighted by atomic mass is 9.76. The quantitative estimate of drug-likeness (QED) is 0.817. The zero-order chi connectivity index (χ0) is 12.6. The molecule has 2 aromatic heterocycles. The van der Waals surface area contributed by atoms with Crippen LogP contribution >= 0.6 is 0 Å². The van der Waals surface area contributed by atoms with Crippen molar-refractivity contribution >= 4 is 5.91 Å². The number of nitrogens with zero attached hydrogens (tertiary/aromatic N) is 4. The Balaban J connectivity index is 1.83. The summed E-state index contributed by atoms with van der Waals surface area (Å²) < 4.78 is 1.70. The van der Waals surface area contributed by atoms with E-state index in [0.717, 1.165) is 25.1 Å². The summed E-state index contributed by atoms with van der Waals surface area (Å²) in [6.07, 6.45) is 7.47. The SMILES string of the molecule is Cn1cncc1C(=O)NC1(c2ncn[nH]2)CCC1. The maximum absolute atomic E-state index is 12.2. The van der Waals surface area contributed by atoms with Gasteiger partial charge in [0.25, 0.3) is 5.91 Å². The fourth-order valence-electron chi connectivity index (χ4n) is 2.24.